The molecule has 0 radical (unpaired) electrons. The first-order chi connectivity index (χ1) is 10.6. The van der Waals surface area contributed by atoms with Gasteiger partial charge in [0.25, 0.3) is 0 Å². The summed E-state index contributed by atoms with van der Waals surface area (Å²) in [6.07, 6.45) is -3.52. The van der Waals surface area contributed by atoms with Crippen molar-refractivity contribution in [1.29, 1.82) is 0 Å². The number of halogens is 3. The van der Waals surface area contributed by atoms with Gasteiger partial charge in [0, 0.05) is 11.8 Å². The van der Waals surface area contributed by atoms with Gasteiger partial charge in [0.1, 0.15) is 0 Å². The molecule has 2 aromatic rings. The van der Waals surface area contributed by atoms with Crippen molar-refractivity contribution in [3.8, 4) is 5.69 Å². The molecule has 0 N–H and O–H groups in total. The third-order valence-electron chi connectivity index (χ3n) is 3.20. The normalized spacial score (nSPS) is 12.4. The van der Waals surface area contributed by atoms with Crippen LogP contribution in [0.25, 0.3) is 5.69 Å². The standard InChI is InChI=1S/C14H13F3N2O3S/c1-3-23(21,22)12-8-10(4-5-11(12)9(2)20)19-7-6-13(18-19)14(15,16)17/h4-8H,3H2,1-2H3. The molecule has 5 nitrogen and oxygen atoms in total. The van der Waals surface area contributed by atoms with E-state index in [1.807, 2.05) is 0 Å². The van der Waals surface area contributed by atoms with Crippen LogP contribution in [0.1, 0.15) is 29.9 Å². The zero-order valence-corrected chi connectivity index (χ0v) is 13.1. The predicted octanol–water partition coefficient (Wildman–Crippen LogP) is 2.89. The lowest BCUT2D eigenvalue weighted by molar-refractivity contribution is -0.141. The lowest BCUT2D eigenvalue weighted by atomic mass is 10.1. The molecule has 124 valence electrons. The maximum Gasteiger partial charge on any atom is 0.435 e. The molecule has 0 aliphatic heterocycles. The zero-order valence-electron chi connectivity index (χ0n) is 12.3. The number of nitrogens with zero attached hydrogens (tertiary/aromatic N) is 2. The molecule has 2 rings (SSSR count). The molecule has 0 aliphatic carbocycles. The lowest BCUT2D eigenvalue weighted by Gasteiger charge is -2.10. The first-order valence-electron chi connectivity index (χ1n) is 6.57. The highest BCUT2D eigenvalue weighted by Crippen LogP contribution is 2.28. The Balaban J connectivity index is 2.60. The Bertz CT molecular complexity index is 854. The van der Waals surface area contributed by atoms with Crippen LogP contribution in [0.3, 0.4) is 0 Å². The number of benzene rings is 1. The quantitative estimate of drug-likeness (QED) is 0.798. The molecule has 0 atom stereocenters. The molecule has 0 saturated carbocycles. The topological polar surface area (TPSA) is 69.0 Å². The van der Waals surface area contributed by atoms with Gasteiger partial charge >= 0.3 is 6.18 Å². The number of hydrogen-bond donors (Lipinski definition) is 0. The van der Waals surface area contributed by atoms with E-state index in [0.717, 1.165) is 23.0 Å². The molecule has 1 aromatic carbocycles. The second-order valence-electron chi connectivity index (χ2n) is 4.78. The Morgan fingerprint density at radius 3 is 2.39 bits per heavy atom. The van der Waals surface area contributed by atoms with Gasteiger partial charge in [0.15, 0.2) is 21.3 Å². The number of rotatable bonds is 4. The molecule has 0 saturated heterocycles. The summed E-state index contributed by atoms with van der Waals surface area (Å²) in [6, 6.07) is 4.56. The Labute approximate surface area is 130 Å². The van der Waals surface area contributed by atoms with Crippen LogP contribution in [0.4, 0.5) is 13.2 Å². The van der Waals surface area contributed by atoms with Crippen molar-refractivity contribution in [2.24, 2.45) is 0 Å². The van der Waals surface area contributed by atoms with Gasteiger partial charge in [0.05, 0.1) is 16.3 Å². The highest BCUT2D eigenvalue weighted by molar-refractivity contribution is 7.91. The first kappa shape index (κ1) is 17.2. The summed E-state index contributed by atoms with van der Waals surface area (Å²) in [4.78, 5) is 11.4. The summed E-state index contributed by atoms with van der Waals surface area (Å²) in [5.41, 5.74) is -0.968. The van der Waals surface area contributed by atoms with Crippen molar-refractivity contribution in [2.75, 3.05) is 5.75 Å². The van der Waals surface area contributed by atoms with E-state index in [1.54, 1.807) is 0 Å². The van der Waals surface area contributed by atoms with E-state index >= 15 is 0 Å². The Morgan fingerprint density at radius 1 is 1.26 bits per heavy atom. The minimum atomic E-state index is -4.59. The second kappa shape index (κ2) is 5.80. The molecular formula is C14H13F3N2O3S. The van der Waals surface area contributed by atoms with Gasteiger partial charge in [0.2, 0.25) is 0 Å². The van der Waals surface area contributed by atoms with Gasteiger partial charge in [-0.05, 0) is 31.2 Å². The van der Waals surface area contributed by atoms with E-state index in [2.05, 4.69) is 5.10 Å². The van der Waals surface area contributed by atoms with E-state index in [-0.39, 0.29) is 21.9 Å². The molecule has 23 heavy (non-hydrogen) atoms. The number of Topliss-reactive ketones (excluding diaryl/α,β-unsaturated/α-hetero) is 1. The van der Waals surface area contributed by atoms with E-state index < -0.39 is 27.5 Å². The van der Waals surface area contributed by atoms with E-state index in [0.29, 0.717) is 0 Å². The van der Waals surface area contributed by atoms with Crippen LogP contribution in [0.5, 0.6) is 0 Å². The van der Waals surface area contributed by atoms with E-state index in [9.17, 15) is 26.4 Å². The number of carbonyl (C=O) groups excluding carboxylic acids is 1. The monoisotopic (exact) mass is 346 g/mol. The van der Waals surface area contributed by atoms with Crippen molar-refractivity contribution >= 4 is 15.6 Å². The highest BCUT2D eigenvalue weighted by Gasteiger charge is 2.33. The van der Waals surface area contributed by atoms with Crippen LogP contribution in [-0.4, -0.2) is 29.7 Å². The molecule has 0 amide bonds. The maximum atomic E-state index is 12.6. The summed E-state index contributed by atoms with van der Waals surface area (Å²) in [5, 5.41) is 3.39. The average molecular weight is 346 g/mol. The predicted molar refractivity (Wildman–Crippen MR) is 76.3 cm³/mol. The number of ketones is 1. The lowest BCUT2D eigenvalue weighted by Crippen LogP contribution is -2.11. The molecule has 1 aromatic heterocycles. The van der Waals surface area contributed by atoms with Crippen LogP contribution < -0.4 is 0 Å². The van der Waals surface area contributed by atoms with Crippen molar-refractivity contribution in [3.63, 3.8) is 0 Å². The van der Waals surface area contributed by atoms with Gasteiger partial charge in [-0.3, -0.25) is 4.79 Å². The second-order valence-corrected chi connectivity index (χ2v) is 7.03. The molecule has 0 aliphatic rings. The van der Waals surface area contributed by atoms with Crippen LogP contribution in [-0.2, 0) is 16.0 Å². The minimum absolute atomic E-state index is 0.00111. The minimum Gasteiger partial charge on any atom is -0.294 e. The van der Waals surface area contributed by atoms with Gasteiger partial charge in [-0.25, -0.2) is 13.1 Å². The third-order valence-corrected chi connectivity index (χ3v) is 4.97. The SMILES string of the molecule is CCS(=O)(=O)c1cc(-n2ccc(C(F)(F)F)n2)ccc1C(C)=O. The summed E-state index contributed by atoms with van der Waals surface area (Å²) in [5.74, 6) is -0.677. The largest absolute Gasteiger partial charge is 0.435 e. The smallest absolute Gasteiger partial charge is 0.294 e. The number of carbonyl (C=O) groups is 1. The fourth-order valence-corrected chi connectivity index (χ4v) is 3.13. The molecule has 0 unspecified atom stereocenters. The number of alkyl halides is 3. The fraction of sp³-hybridized carbons (Fsp3) is 0.286. The van der Waals surface area contributed by atoms with Crippen LogP contribution in [0, 0.1) is 0 Å². The van der Waals surface area contributed by atoms with E-state index in [1.165, 1.54) is 26.0 Å². The van der Waals surface area contributed by atoms with E-state index in [4.69, 9.17) is 0 Å². The Morgan fingerprint density at radius 2 is 1.91 bits per heavy atom. The fourth-order valence-electron chi connectivity index (χ4n) is 1.98. The molecular weight excluding hydrogens is 333 g/mol. The van der Waals surface area contributed by atoms with Crippen molar-refractivity contribution in [2.45, 2.75) is 24.9 Å². The number of hydrogen-bond acceptors (Lipinski definition) is 4. The van der Waals surface area contributed by atoms with Crippen LogP contribution in [0.15, 0.2) is 35.4 Å². The Kier molecular flexibility index (Phi) is 4.34. The van der Waals surface area contributed by atoms with Gasteiger partial charge in [-0.1, -0.05) is 6.92 Å². The number of sulfone groups is 1. The molecule has 0 fully saturated rings. The summed E-state index contributed by atoms with van der Waals surface area (Å²) in [7, 11) is -3.71. The van der Waals surface area contributed by atoms with Crippen molar-refractivity contribution in [3.05, 3.63) is 41.7 Å². The molecule has 1 heterocycles. The summed E-state index contributed by atoms with van der Waals surface area (Å²) < 4.78 is 62.9. The molecule has 9 heteroatoms. The average Bonchev–Trinajstić information content (AvgIpc) is 2.96. The number of aromatic nitrogens is 2. The van der Waals surface area contributed by atoms with Crippen LogP contribution in [0.2, 0.25) is 0 Å². The summed E-state index contributed by atoms with van der Waals surface area (Å²) >= 11 is 0. The third kappa shape index (κ3) is 3.44. The first-order valence-corrected chi connectivity index (χ1v) is 8.22. The van der Waals surface area contributed by atoms with Gasteiger partial charge in [-0.2, -0.15) is 18.3 Å². The highest BCUT2D eigenvalue weighted by atomic mass is 32.2. The van der Waals surface area contributed by atoms with Gasteiger partial charge in [-0.15, -0.1) is 0 Å². The molecule has 0 spiro atoms. The Hall–Kier alpha value is -2.16. The van der Waals surface area contributed by atoms with Gasteiger partial charge < -0.3 is 0 Å². The van der Waals surface area contributed by atoms with Crippen LogP contribution >= 0.6 is 0 Å². The maximum absolute atomic E-state index is 12.6. The van der Waals surface area contributed by atoms with Crippen molar-refractivity contribution in [1.82, 2.24) is 9.78 Å². The molecule has 0 bridgehead atoms. The zero-order chi connectivity index (χ0) is 17.4. The summed E-state index contributed by atoms with van der Waals surface area (Å²) in [6.45, 7) is 2.64. The van der Waals surface area contributed by atoms with Crippen molar-refractivity contribution < 1.29 is 26.4 Å².